The summed E-state index contributed by atoms with van der Waals surface area (Å²) in [6.07, 6.45) is 13.5. The Morgan fingerprint density at radius 3 is 2.25 bits per heavy atom. The minimum Gasteiger partial charge on any atom is -0.509 e. The largest absolute Gasteiger partial charge is 0.509 e. The fraction of sp³-hybridized carbons (Fsp3) is 0.850. The number of hydrogen-bond acceptors (Lipinski definition) is 3. The van der Waals surface area contributed by atoms with Gasteiger partial charge in [-0.1, -0.05) is 51.9 Å². The molecule has 0 unspecified atom stereocenters. The number of aliphatic carboxylic acids is 1. The van der Waals surface area contributed by atoms with E-state index in [-0.39, 0.29) is 23.9 Å². The minimum absolute atomic E-state index is 0.134. The molecule has 0 saturated heterocycles. The summed E-state index contributed by atoms with van der Waals surface area (Å²) in [5.41, 5.74) is 0. The number of rotatable bonds is 13. The van der Waals surface area contributed by atoms with Crippen LogP contribution in [0.15, 0.2) is 11.5 Å². The summed E-state index contributed by atoms with van der Waals surface area (Å²) in [6.45, 7) is 2.16. The summed E-state index contributed by atoms with van der Waals surface area (Å²) >= 11 is 0. The van der Waals surface area contributed by atoms with Crippen molar-refractivity contribution in [2.45, 2.75) is 96.8 Å². The second kappa shape index (κ2) is 12.2. The Morgan fingerprint density at radius 2 is 1.54 bits per heavy atom. The van der Waals surface area contributed by atoms with Crippen molar-refractivity contribution in [2.24, 2.45) is 11.8 Å². The molecule has 1 saturated carbocycles. The average Bonchev–Trinajstić information content (AvgIpc) is 3.02. The van der Waals surface area contributed by atoms with E-state index >= 15 is 0 Å². The third-order valence-electron chi connectivity index (χ3n) is 5.29. The maximum absolute atomic E-state index is 10.5. The fourth-order valence-electron chi connectivity index (χ4n) is 3.84. The summed E-state index contributed by atoms with van der Waals surface area (Å²) < 4.78 is 0. The van der Waals surface area contributed by atoms with Gasteiger partial charge >= 0.3 is 5.97 Å². The van der Waals surface area contributed by atoms with Crippen LogP contribution in [-0.2, 0) is 4.79 Å². The van der Waals surface area contributed by atoms with Gasteiger partial charge in [-0.25, -0.2) is 0 Å². The normalized spacial score (nSPS) is 21.7. The van der Waals surface area contributed by atoms with Crippen molar-refractivity contribution in [3.63, 3.8) is 0 Å². The lowest BCUT2D eigenvalue weighted by molar-refractivity contribution is -0.137. The molecule has 140 valence electrons. The van der Waals surface area contributed by atoms with E-state index in [2.05, 4.69) is 6.92 Å². The highest BCUT2D eigenvalue weighted by Gasteiger charge is 2.31. The van der Waals surface area contributed by atoms with Gasteiger partial charge in [0.2, 0.25) is 0 Å². The molecule has 1 aliphatic carbocycles. The van der Waals surface area contributed by atoms with Gasteiger partial charge in [0.15, 0.2) is 0 Å². The van der Waals surface area contributed by atoms with Crippen molar-refractivity contribution in [1.29, 1.82) is 0 Å². The number of aliphatic hydroxyl groups is 2. The Bertz CT molecular complexity index is 389. The van der Waals surface area contributed by atoms with Crippen LogP contribution in [0.3, 0.4) is 0 Å². The van der Waals surface area contributed by atoms with Crippen LogP contribution in [0.5, 0.6) is 0 Å². The van der Waals surface area contributed by atoms with Crippen LogP contribution in [0.25, 0.3) is 0 Å². The Hall–Kier alpha value is -1.19. The van der Waals surface area contributed by atoms with Gasteiger partial charge in [0.05, 0.1) is 0 Å². The van der Waals surface area contributed by atoms with Crippen molar-refractivity contribution in [3.8, 4) is 0 Å². The highest BCUT2D eigenvalue weighted by atomic mass is 16.4. The number of unbranched alkanes of at least 4 members (excludes halogenated alkanes) is 6. The zero-order valence-electron chi connectivity index (χ0n) is 15.3. The molecule has 2 atom stereocenters. The first-order valence-corrected chi connectivity index (χ1v) is 9.89. The number of aliphatic hydroxyl groups excluding tert-OH is 2. The minimum atomic E-state index is -0.713. The zero-order valence-corrected chi connectivity index (χ0v) is 15.3. The molecule has 24 heavy (non-hydrogen) atoms. The van der Waals surface area contributed by atoms with Gasteiger partial charge in [0.25, 0.3) is 0 Å². The van der Waals surface area contributed by atoms with E-state index in [0.29, 0.717) is 12.3 Å². The Labute approximate surface area is 147 Å². The van der Waals surface area contributed by atoms with E-state index < -0.39 is 5.97 Å². The lowest BCUT2D eigenvalue weighted by Gasteiger charge is -2.20. The van der Waals surface area contributed by atoms with E-state index in [1.165, 1.54) is 12.8 Å². The first kappa shape index (κ1) is 20.9. The number of carbonyl (C=O) groups is 1. The van der Waals surface area contributed by atoms with Crippen molar-refractivity contribution in [2.75, 3.05) is 0 Å². The highest BCUT2D eigenvalue weighted by molar-refractivity contribution is 5.66. The van der Waals surface area contributed by atoms with Crippen LogP contribution in [0, 0.1) is 11.8 Å². The van der Waals surface area contributed by atoms with E-state index in [1.807, 2.05) is 0 Å². The number of carboxylic acids is 1. The molecule has 1 aliphatic rings. The van der Waals surface area contributed by atoms with Crippen LogP contribution in [0.2, 0.25) is 0 Å². The molecule has 0 bridgehead atoms. The molecule has 0 aromatic heterocycles. The molecular weight excluding hydrogens is 304 g/mol. The summed E-state index contributed by atoms with van der Waals surface area (Å²) in [5.74, 6) is 0.358. The number of carboxylic acid groups (broad SMARTS) is 1. The van der Waals surface area contributed by atoms with Crippen molar-refractivity contribution in [3.05, 3.63) is 11.5 Å². The predicted molar refractivity (Wildman–Crippen MR) is 97.2 cm³/mol. The SMILES string of the molecule is CCCCCCC(O)=C(O)[C@H]1CCC[C@@H]1CCCCCCC(=O)O. The Balaban J connectivity index is 2.31. The van der Waals surface area contributed by atoms with E-state index in [0.717, 1.165) is 64.2 Å². The fourth-order valence-corrected chi connectivity index (χ4v) is 3.84. The molecule has 1 fully saturated rings. The van der Waals surface area contributed by atoms with Crippen LogP contribution >= 0.6 is 0 Å². The molecule has 3 N–H and O–H groups in total. The molecular formula is C20H36O4. The molecule has 0 aliphatic heterocycles. The second-order valence-corrected chi connectivity index (χ2v) is 7.29. The van der Waals surface area contributed by atoms with E-state index in [9.17, 15) is 15.0 Å². The van der Waals surface area contributed by atoms with Gasteiger partial charge in [-0.2, -0.15) is 0 Å². The predicted octanol–water partition coefficient (Wildman–Crippen LogP) is 6.13. The van der Waals surface area contributed by atoms with Crippen molar-refractivity contribution >= 4 is 5.97 Å². The Morgan fingerprint density at radius 1 is 0.875 bits per heavy atom. The maximum Gasteiger partial charge on any atom is 0.303 e. The summed E-state index contributed by atoms with van der Waals surface area (Å²) in [4.78, 5) is 10.5. The molecule has 4 nitrogen and oxygen atoms in total. The molecule has 0 aromatic carbocycles. The van der Waals surface area contributed by atoms with Gasteiger partial charge in [-0.05, 0) is 38.0 Å². The third kappa shape index (κ3) is 8.07. The lowest BCUT2D eigenvalue weighted by atomic mass is 9.88. The van der Waals surface area contributed by atoms with E-state index in [4.69, 9.17) is 5.11 Å². The first-order chi connectivity index (χ1) is 11.6. The lowest BCUT2D eigenvalue weighted by Crippen LogP contribution is -2.13. The van der Waals surface area contributed by atoms with Crippen LogP contribution < -0.4 is 0 Å². The molecule has 4 heteroatoms. The molecule has 0 aromatic rings. The van der Waals surface area contributed by atoms with Gasteiger partial charge < -0.3 is 15.3 Å². The molecule has 0 heterocycles. The molecule has 0 amide bonds. The molecule has 0 spiro atoms. The quantitative estimate of drug-likeness (QED) is 0.278. The van der Waals surface area contributed by atoms with Gasteiger partial charge in [0.1, 0.15) is 11.5 Å². The number of allylic oxidation sites excluding steroid dienone is 2. The van der Waals surface area contributed by atoms with Crippen LogP contribution in [-0.4, -0.2) is 21.3 Å². The summed E-state index contributed by atoms with van der Waals surface area (Å²) in [5, 5.41) is 29.2. The van der Waals surface area contributed by atoms with Gasteiger partial charge in [0, 0.05) is 18.8 Å². The van der Waals surface area contributed by atoms with E-state index in [1.54, 1.807) is 0 Å². The zero-order chi connectivity index (χ0) is 17.8. The van der Waals surface area contributed by atoms with Gasteiger partial charge in [-0.15, -0.1) is 0 Å². The first-order valence-electron chi connectivity index (χ1n) is 9.89. The third-order valence-corrected chi connectivity index (χ3v) is 5.29. The number of hydrogen-bond donors (Lipinski definition) is 3. The summed E-state index contributed by atoms with van der Waals surface area (Å²) in [6, 6.07) is 0. The van der Waals surface area contributed by atoms with Crippen LogP contribution in [0.4, 0.5) is 0 Å². The van der Waals surface area contributed by atoms with Crippen LogP contribution in [0.1, 0.15) is 96.8 Å². The Kier molecular flexibility index (Phi) is 10.6. The monoisotopic (exact) mass is 340 g/mol. The smallest absolute Gasteiger partial charge is 0.303 e. The maximum atomic E-state index is 10.5. The average molecular weight is 341 g/mol. The van der Waals surface area contributed by atoms with Crippen molar-refractivity contribution < 1.29 is 20.1 Å². The topological polar surface area (TPSA) is 77.8 Å². The summed E-state index contributed by atoms with van der Waals surface area (Å²) in [7, 11) is 0. The van der Waals surface area contributed by atoms with Crippen molar-refractivity contribution in [1.82, 2.24) is 0 Å². The standard InChI is InChI=1S/C20H36O4/c1-2-3-4-8-14-18(21)20(24)17-13-10-12-16(17)11-7-5-6-9-15-19(22)23/h16-17,21,24H,2-15H2,1H3,(H,22,23)/t16-,17-/m0/s1. The highest BCUT2D eigenvalue weighted by Crippen LogP contribution is 2.40. The van der Waals surface area contributed by atoms with Gasteiger partial charge in [-0.3, -0.25) is 4.79 Å². The molecule has 0 radical (unpaired) electrons. The molecule has 1 rings (SSSR count). The second-order valence-electron chi connectivity index (χ2n) is 7.29.